The molecular weight excluding hydrogens is 308 g/mol. The first-order valence-electron chi connectivity index (χ1n) is 8.37. The number of anilines is 1. The highest BCUT2D eigenvalue weighted by atomic mass is 16.2. The lowest BCUT2D eigenvalue weighted by atomic mass is 10.0. The van der Waals surface area contributed by atoms with Crippen LogP contribution < -0.4 is 5.32 Å². The summed E-state index contributed by atoms with van der Waals surface area (Å²) in [4.78, 5) is 42.7. The maximum Gasteiger partial charge on any atom is 0.321 e. The van der Waals surface area contributed by atoms with Gasteiger partial charge in [-0.2, -0.15) is 0 Å². The molecule has 0 spiro atoms. The van der Waals surface area contributed by atoms with Crippen molar-refractivity contribution in [3.63, 3.8) is 0 Å². The molecule has 0 bridgehead atoms. The topological polar surface area (TPSA) is 73.0 Å². The molecule has 0 aliphatic carbocycles. The fourth-order valence-corrected chi connectivity index (χ4v) is 3.84. The molecule has 2 atom stereocenters. The van der Waals surface area contributed by atoms with Gasteiger partial charge in [-0.15, -0.1) is 0 Å². The number of rotatable bonds is 1. The Hall–Kier alpha value is -2.57. The van der Waals surface area contributed by atoms with Gasteiger partial charge in [-0.1, -0.05) is 18.2 Å². The van der Waals surface area contributed by atoms with Gasteiger partial charge in [0.2, 0.25) is 11.8 Å². The molecule has 4 amide bonds. The van der Waals surface area contributed by atoms with E-state index < -0.39 is 6.04 Å². The third-order valence-electron chi connectivity index (χ3n) is 5.08. The average molecular weight is 328 g/mol. The van der Waals surface area contributed by atoms with Crippen LogP contribution in [-0.4, -0.2) is 70.8 Å². The standard InChI is InChI=1S/C17H20N4O3/c22-15-13-7-4-8-20(13)16(23)14-11-19(9-10-21(14)15)17(24)18-12-5-2-1-3-6-12/h1-3,5-6,13-14H,4,7-11H2,(H,18,24)/t13-,14+/m0/s1. The van der Waals surface area contributed by atoms with E-state index in [4.69, 9.17) is 0 Å². The van der Waals surface area contributed by atoms with Crippen LogP contribution in [0.5, 0.6) is 0 Å². The lowest BCUT2D eigenvalue weighted by Gasteiger charge is -2.47. The van der Waals surface area contributed by atoms with Gasteiger partial charge < -0.3 is 20.0 Å². The third-order valence-corrected chi connectivity index (χ3v) is 5.08. The van der Waals surface area contributed by atoms with Crippen molar-refractivity contribution in [3.05, 3.63) is 30.3 Å². The molecule has 0 unspecified atom stereocenters. The summed E-state index contributed by atoms with van der Waals surface area (Å²) >= 11 is 0. The van der Waals surface area contributed by atoms with E-state index in [1.165, 1.54) is 0 Å². The van der Waals surface area contributed by atoms with E-state index in [-0.39, 0.29) is 30.4 Å². The highest BCUT2D eigenvalue weighted by Gasteiger charge is 2.49. The fourth-order valence-electron chi connectivity index (χ4n) is 3.84. The summed E-state index contributed by atoms with van der Waals surface area (Å²) in [5, 5.41) is 2.84. The van der Waals surface area contributed by atoms with Crippen molar-refractivity contribution in [1.29, 1.82) is 0 Å². The maximum atomic E-state index is 12.7. The van der Waals surface area contributed by atoms with Gasteiger partial charge in [-0.05, 0) is 25.0 Å². The molecule has 7 heteroatoms. The Bertz CT molecular complexity index is 678. The van der Waals surface area contributed by atoms with E-state index in [9.17, 15) is 14.4 Å². The molecule has 0 radical (unpaired) electrons. The molecule has 1 aromatic rings. The zero-order chi connectivity index (χ0) is 16.7. The first-order valence-corrected chi connectivity index (χ1v) is 8.37. The number of para-hydroxylation sites is 1. The number of benzene rings is 1. The van der Waals surface area contributed by atoms with Gasteiger partial charge in [0.1, 0.15) is 12.1 Å². The molecule has 0 aromatic heterocycles. The number of carbonyl (C=O) groups excluding carboxylic acids is 3. The highest BCUT2D eigenvalue weighted by Crippen LogP contribution is 2.28. The van der Waals surface area contributed by atoms with Crippen molar-refractivity contribution in [2.75, 3.05) is 31.5 Å². The second-order valence-corrected chi connectivity index (χ2v) is 6.48. The van der Waals surface area contributed by atoms with Crippen LogP contribution in [-0.2, 0) is 9.59 Å². The summed E-state index contributed by atoms with van der Waals surface area (Å²) in [5.41, 5.74) is 0.718. The number of hydrogen-bond donors (Lipinski definition) is 1. The minimum Gasteiger partial charge on any atom is -0.329 e. The molecule has 126 valence electrons. The van der Waals surface area contributed by atoms with Gasteiger partial charge in [0.15, 0.2) is 0 Å². The Morgan fingerprint density at radius 2 is 1.67 bits per heavy atom. The zero-order valence-corrected chi connectivity index (χ0v) is 13.4. The molecule has 7 nitrogen and oxygen atoms in total. The van der Waals surface area contributed by atoms with Gasteiger partial charge in [0, 0.05) is 25.3 Å². The zero-order valence-electron chi connectivity index (χ0n) is 13.4. The van der Waals surface area contributed by atoms with Gasteiger partial charge in [-0.25, -0.2) is 4.79 Å². The third kappa shape index (κ3) is 2.40. The average Bonchev–Trinajstić information content (AvgIpc) is 3.10. The smallest absolute Gasteiger partial charge is 0.321 e. The Morgan fingerprint density at radius 1 is 0.958 bits per heavy atom. The van der Waals surface area contributed by atoms with Crippen LogP contribution in [0.1, 0.15) is 12.8 Å². The van der Waals surface area contributed by atoms with E-state index in [0.717, 1.165) is 18.5 Å². The molecule has 1 aromatic carbocycles. The summed E-state index contributed by atoms with van der Waals surface area (Å²) in [6.45, 7) is 1.77. The van der Waals surface area contributed by atoms with E-state index in [2.05, 4.69) is 5.32 Å². The van der Waals surface area contributed by atoms with Crippen LogP contribution in [0.3, 0.4) is 0 Å². The SMILES string of the molecule is O=C(Nc1ccccc1)N1CCN2C(=O)[C@@H]3CCCN3C(=O)[C@H]2C1. The van der Waals surface area contributed by atoms with Crippen LogP contribution >= 0.6 is 0 Å². The number of piperazine rings is 2. The van der Waals surface area contributed by atoms with E-state index in [1.807, 2.05) is 30.3 Å². The summed E-state index contributed by atoms with van der Waals surface area (Å²) in [6.07, 6.45) is 1.63. The minimum absolute atomic E-state index is 0.0192. The first kappa shape index (κ1) is 15.0. The van der Waals surface area contributed by atoms with Crippen molar-refractivity contribution in [2.24, 2.45) is 0 Å². The van der Waals surface area contributed by atoms with Crippen molar-refractivity contribution in [3.8, 4) is 0 Å². The van der Waals surface area contributed by atoms with Crippen molar-refractivity contribution in [1.82, 2.24) is 14.7 Å². The molecular formula is C17H20N4O3. The molecule has 3 fully saturated rings. The normalized spacial score (nSPS) is 26.2. The van der Waals surface area contributed by atoms with Gasteiger partial charge in [0.05, 0.1) is 6.54 Å². The van der Waals surface area contributed by atoms with Gasteiger partial charge in [-0.3, -0.25) is 9.59 Å². The molecule has 24 heavy (non-hydrogen) atoms. The lowest BCUT2D eigenvalue weighted by Crippen LogP contribution is -2.69. The number of fused-ring (bicyclic) bond motifs is 2. The minimum atomic E-state index is -0.540. The summed E-state index contributed by atoms with van der Waals surface area (Å²) in [7, 11) is 0. The highest BCUT2D eigenvalue weighted by molar-refractivity contribution is 5.98. The Balaban J connectivity index is 1.47. The van der Waals surface area contributed by atoms with Crippen LogP contribution in [0.4, 0.5) is 10.5 Å². The van der Waals surface area contributed by atoms with E-state index in [1.54, 1.807) is 14.7 Å². The molecule has 3 aliphatic heterocycles. The second-order valence-electron chi connectivity index (χ2n) is 6.48. The van der Waals surface area contributed by atoms with E-state index >= 15 is 0 Å². The largest absolute Gasteiger partial charge is 0.329 e. The van der Waals surface area contributed by atoms with Crippen molar-refractivity contribution < 1.29 is 14.4 Å². The van der Waals surface area contributed by atoms with Crippen LogP contribution in [0.2, 0.25) is 0 Å². The Labute approximate surface area is 140 Å². The van der Waals surface area contributed by atoms with E-state index in [0.29, 0.717) is 19.6 Å². The Morgan fingerprint density at radius 3 is 2.46 bits per heavy atom. The maximum absolute atomic E-state index is 12.7. The number of hydrogen-bond acceptors (Lipinski definition) is 3. The molecule has 1 N–H and O–H groups in total. The number of nitrogens with one attached hydrogen (secondary N) is 1. The van der Waals surface area contributed by atoms with Crippen molar-refractivity contribution >= 4 is 23.5 Å². The number of carbonyl (C=O) groups is 3. The first-order chi connectivity index (χ1) is 11.6. The second kappa shape index (κ2) is 5.81. The summed E-state index contributed by atoms with van der Waals surface area (Å²) in [6, 6.07) is 8.17. The quantitative estimate of drug-likeness (QED) is 0.826. The number of amides is 4. The van der Waals surface area contributed by atoms with Crippen LogP contribution in [0, 0.1) is 0 Å². The predicted octanol–water partition coefficient (Wildman–Crippen LogP) is 0.736. The monoisotopic (exact) mass is 328 g/mol. The molecule has 0 saturated carbocycles. The molecule has 4 rings (SSSR count). The fraction of sp³-hybridized carbons (Fsp3) is 0.471. The van der Waals surface area contributed by atoms with Crippen LogP contribution in [0.15, 0.2) is 30.3 Å². The van der Waals surface area contributed by atoms with Crippen LogP contribution in [0.25, 0.3) is 0 Å². The molecule has 3 aliphatic rings. The summed E-state index contributed by atoms with van der Waals surface area (Å²) < 4.78 is 0. The number of urea groups is 1. The Kier molecular flexibility index (Phi) is 3.63. The summed E-state index contributed by atoms with van der Waals surface area (Å²) in [5.74, 6) is 0.0227. The number of nitrogens with zero attached hydrogens (tertiary/aromatic N) is 3. The molecule has 3 saturated heterocycles. The molecule has 3 heterocycles. The van der Waals surface area contributed by atoms with Crippen molar-refractivity contribution in [2.45, 2.75) is 24.9 Å². The lowest BCUT2D eigenvalue weighted by molar-refractivity contribution is -0.162. The van der Waals surface area contributed by atoms with Gasteiger partial charge in [0.25, 0.3) is 0 Å². The predicted molar refractivity (Wildman–Crippen MR) is 87.3 cm³/mol. The van der Waals surface area contributed by atoms with Gasteiger partial charge >= 0.3 is 6.03 Å².